The topological polar surface area (TPSA) is 85.3 Å². The van der Waals surface area contributed by atoms with Gasteiger partial charge in [-0.3, -0.25) is 0 Å². The first-order valence-corrected chi connectivity index (χ1v) is 10.4. The Hall–Kier alpha value is -3.74. The van der Waals surface area contributed by atoms with E-state index in [1.807, 2.05) is 31.2 Å². The van der Waals surface area contributed by atoms with Crippen LogP contribution in [0.1, 0.15) is 30.9 Å². The summed E-state index contributed by atoms with van der Waals surface area (Å²) in [7, 11) is 1.49. The number of rotatable bonds is 7. The fraction of sp³-hybridized carbons (Fsp3) is 0.280. The summed E-state index contributed by atoms with van der Waals surface area (Å²) in [4.78, 5) is 27.6. The van der Waals surface area contributed by atoms with Crippen LogP contribution in [0.15, 0.2) is 66.0 Å². The number of phenols is 1. The average molecular weight is 437 g/mol. The van der Waals surface area contributed by atoms with Crippen LogP contribution in [0, 0.1) is 6.92 Å². The number of methoxy groups -OCH3 is 1. The molecule has 7 nitrogen and oxygen atoms in total. The Kier molecular flexibility index (Phi) is 7.20. The summed E-state index contributed by atoms with van der Waals surface area (Å²) in [6, 6.07) is 12.4. The van der Waals surface area contributed by atoms with E-state index < -0.39 is 17.9 Å². The number of nitrogens with zero attached hydrogens (tertiary/aromatic N) is 1. The standard InChI is InChI=1S/C25H27NO6/c1-5-31-24(28)20-14-26(17-9-7-16(3)8-10-17)15-21(25(29)32-6-2)23(20)19-12-11-18(30-4)13-22(19)27/h7-15,23,27H,5-6H2,1-4H3. The van der Waals surface area contributed by atoms with Crippen molar-refractivity contribution in [3.8, 4) is 11.5 Å². The van der Waals surface area contributed by atoms with E-state index in [9.17, 15) is 14.7 Å². The van der Waals surface area contributed by atoms with E-state index in [4.69, 9.17) is 14.2 Å². The van der Waals surface area contributed by atoms with Crippen molar-refractivity contribution in [1.29, 1.82) is 0 Å². The van der Waals surface area contributed by atoms with Crippen LogP contribution in [0.25, 0.3) is 0 Å². The average Bonchev–Trinajstić information content (AvgIpc) is 2.79. The first kappa shape index (κ1) is 22.9. The van der Waals surface area contributed by atoms with Gasteiger partial charge in [0.15, 0.2) is 0 Å². The number of aryl methyl sites for hydroxylation is 1. The SMILES string of the molecule is CCOC(=O)C1=CN(c2ccc(C)cc2)C=C(C(=O)OCC)C1c1ccc(OC)cc1O. The molecule has 0 amide bonds. The zero-order chi connectivity index (χ0) is 23.3. The van der Waals surface area contributed by atoms with Gasteiger partial charge in [-0.2, -0.15) is 0 Å². The quantitative estimate of drug-likeness (QED) is 0.650. The Balaban J connectivity index is 2.19. The minimum Gasteiger partial charge on any atom is -0.507 e. The van der Waals surface area contributed by atoms with Crippen molar-refractivity contribution >= 4 is 17.6 Å². The highest BCUT2D eigenvalue weighted by Crippen LogP contribution is 2.42. The third-order valence-electron chi connectivity index (χ3n) is 5.08. The summed E-state index contributed by atoms with van der Waals surface area (Å²) in [6.45, 7) is 5.73. The van der Waals surface area contributed by atoms with Crippen LogP contribution in [0.5, 0.6) is 11.5 Å². The molecule has 168 valence electrons. The smallest absolute Gasteiger partial charge is 0.336 e. The molecule has 3 rings (SSSR count). The zero-order valence-electron chi connectivity index (χ0n) is 18.6. The van der Waals surface area contributed by atoms with Crippen LogP contribution in [0.3, 0.4) is 0 Å². The Morgan fingerprint density at radius 2 is 1.50 bits per heavy atom. The number of aromatic hydroxyl groups is 1. The van der Waals surface area contributed by atoms with Crippen LogP contribution in [-0.4, -0.2) is 37.4 Å². The molecule has 1 N–H and O–H groups in total. The zero-order valence-corrected chi connectivity index (χ0v) is 18.6. The fourth-order valence-corrected chi connectivity index (χ4v) is 3.52. The summed E-state index contributed by atoms with van der Waals surface area (Å²) in [5, 5.41) is 10.7. The molecule has 0 aromatic heterocycles. The molecule has 0 unspecified atom stereocenters. The number of phenolic OH excluding ortho intramolecular Hbond substituents is 1. The number of hydrogen-bond acceptors (Lipinski definition) is 7. The van der Waals surface area contributed by atoms with Gasteiger partial charge in [0.25, 0.3) is 0 Å². The van der Waals surface area contributed by atoms with Crippen LogP contribution < -0.4 is 9.64 Å². The van der Waals surface area contributed by atoms with Gasteiger partial charge in [0, 0.05) is 29.7 Å². The summed E-state index contributed by atoms with van der Waals surface area (Å²) in [6.07, 6.45) is 3.25. The van der Waals surface area contributed by atoms with Gasteiger partial charge >= 0.3 is 11.9 Å². The largest absolute Gasteiger partial charge is 0.507 e. The molecule has 7 heteroatoms. The number of carbonyl (C=O) groups is 2. The minimum atomic E-state index is -0.874. The van der Waals surface area contributed by atoms with Gasteiger partial charge in [-0.1, -0.05) is 23.8 Å². The lowest BCUT2D eigenvalue weighted by molar-refractivity contribution is -0.139. The maximum Gasteiger partial charge on any atom is 0.336 e. The summed E-state index contributed by atoms with van der Waals surface area (Å²) >= 11 is 0. The van der Waals surface area contributed by atoms with Gasteiger partial charge in [0.1, 0.15) is 11.5 Å². The molecular formula is C25H27NO6. The highest BCUT2D eigenvalue weighted by atomic mass is 16.5. The van der Waals surface area contributed by atoms with Gasteiger partial charge in [-0.15, -0.1) is 0 Å². The summed E-state index contributed by atoms with van der Waals surface area (Å²) < 4.78 is 15.7. The van der Waals surface area contributed by atoms with Gasteiger partial charge in [0.2, 0.25) is 0 Å². The summed E-state index contributed by atoms with van der Waals surface area (Å²) in [5.74, 6) is -1.70. The minimum absolute atomic E-state index is 0.108. The van der Waals surface area contributed by atoms with E-state index in [2.05, 4.69) is 0 Å². The predicted molar refractivity (Wildman–Crippen MR) is 120 cm³/mol. The Morgan fingerprint density at radius 1 is 0.938 bits per heavy atom. The molecule has 0 atom stereocenters. The van der Waals surface area contributed by atoms with E-state index in [0.29, 0.717) is 11.3 Å². The van der Waals surface area contributed by atoms with E-state index in [-0.39, 0.29) is 30.1 Å². The van der Waals surface area contributed by atoms with Crippen molar-refractivity contribution in [2.45, 2.75) is 26.7 Å². The molecule has 0 saturated heterocycles. The fourth-order valence-electron chi connectivity index (χ4n) is 3.52. The third-order valence-corrected chi connectivity index (χ3v) is 5.08. The molecule has 2 aromatic rings. The monoisotopic (exact) mass is 437 g/mol. The Morgan fingerprint density at radius 3 is 1.97 bits per heavy atom. The molecule has 0 spiro atoms. The van der Waals surface area contributed by atoms with Gasteiger partial charge in [-0.25, -0.2) is 9.59 Å². The van der Waals surface area contributed by atoms with Crippen molar-refractivity contribution in [3.05, 3.63) is 77.1 Å². The molecule has 2 aromatic carbocycles. The lowest BCUT2D eigenvalue weighted by Crippen LogP contribution is -2.29. The van der Waals surface area contributed by atoms with Crippen LogP contribution in [0.2, 0.25) is 0 Å². The second kappa shape index (κ2) is 10.0. The molecule has 0 saturated carbocycles. The van der Waals surface area contributed by atoms with E-state index >= 15 is 0 Å². The number of ether oxygens (including phenoxy) is 3. The lowest BCUT2D eigenvalue weighted by atomic mass is 9.82. The number of anilines is 1. The molecular weight excluding hydrogens is 410 g/mol. The van der Waals surface area contributed by atoms with Crippen molar-refractivity contribution < 1.29 is 28.9 Å². The van der Waals surface area contributed by atoms with Crippen LogP contribution >= 0.6 is 0 Å². The maximum absolute atomic E-state index is 13.0. The van der Waals surface area contributed by atoms with Gasteiger partial charge in [0.05, 0.1) is 37.4 Å². The van der Waals surface area contributed by atoms with Crippen molar-refractivity contribution in [2.75, 3.05) is 25.2 Å². The molecule has 1 aliphatic rings. The van der Waals surface area contributed by atoms with Gasteiger partial charge in [-0.05, 0) is 39.0 Å². The molecule has 0 aliphatic carbocycles. The number of carbonyl (C=O) groups excluding carboxylic acids is 2. The van der Waals surface area contributed by atoms with Crippen LogP contribution in [-0.2, 0) is 19.1 Å². The lowest BCUT2D eigenvalue weighted by Gasteiger charge is -2.30. The summed E-state index contributed by atoms with van der Waals surface area (Å²) in [5.41, 5.74) is 2.62. The highest BCUT2D eigenvalue weighted by molar-refractivity contribution is 6.00. The Labute approximate surface area is 187 Å². The number of esters is 2. The second-order valence-corrected chi connectivity index (χ2v) is 7.21. The second-order valence-electron chi connectivity index (χ2n) is 7.21. The van der Waals surface area contributed by atoms with Crippen molar-refractivity contribution in [3.63, 3.8) is 0 Å². The predicted octanol–water partition coefficient (Wildman–Crippen LogP) is 4.21. The van der Waals surface area contributed by atoms with Gasteiger partial charge < -0.3 is 24.2 Å². The maximum atomic E-state index is 13.0. The van der Waals surface area contributed by atoms with E-state index in [0.717, 1.165) is 11.3 Å². The van der Waals surface area contributed by atoms with Crippen molar-refractivity contribution in [1.82, 2.24) is 0 Å². The molecule has 0 fully saturated rings. The van der Waals surface area contributed by atoms with E-state index in [1.54, 1.807) is 43.3 Å². The van der Waals surface area contributed by atoms with Crippen LogP contribution in [0.4, 0.5) is 5.69 Å². The molecule has 32 heavy (non-hydrogen) atoms. The molecule has 0 radical (unpaired) electrons. The van der Waals surface area contributed by atoms with Crippen molar-refractivity contribution in [2.24, 2.45) is 0 Å². The van der Waals surface area contributed by atoms with E-state index in [1.165, 1.54) is 13.2 Å². The molecule has 1 heterocycles. The highest BCUT2D eigenvalue weighted by Gasteiger charge is 2.37. The Bertz CT molecular complexity index is 1020. The number of hydrogen-bond donors (Lipinski definition) is 1. The first-order valence-electron chi connectivity index (χ1n) is 10.4. The normalized spacial score (nSPS) is 13.8. The third kappa shape index (κ3) is 4.77. The molecule has 0 bridgehead atoms. The molecule has 1 aliphatic heterocycles. The number of benzene rings is 2. The first-order chi connectivity index (χ1) is 15.4.